The van der Waals surface area contributed by atoms with Crippen molar-refractivity contribution in [1.29, 1.82) is 0 Å². The van der Waals surface area contributed by atoms with Crippen molar-refractivity contribution in [2.75, 3.05) is 14.2 Å². The highest BCUT2D eigenvalue weighted by atomic mass is 35.5. The Labute approximate surface area is 217 Å². The molecule has 4 aromatic rings. The molecule has 0 fully saturated rings. The summed E-state index contributed by atoms with van der Waals surface area (Å²) < 4.78 is 10.6. The molecule has 1 amide bonds. The van der Waals surface area contributed by atoms with Gasteiger partial charge in [-0.1, -0.05) is 40.9 Å². The lowest BCUT2D eigenvalue weighted by molar-refractivity contribution is 0.0951. The average Bonchev–Trinajstić information content (AvgIpc) is 2.86. The second kappa shape index (κ2) is 11.0. The van der Waals surface area contributed by atoms with Crippen LogP contribution in [0.2, 0.25) is 15.1 Å². The summed E-state index contributed by atoms with van der Waals surface area (Å²) in [5.41, 5.74) is 3.67. The minimum absolute atomic E-state index is 0.264. The molecule has 0 spiro atoms. The van der Waals surface area contributed by atoms with Crippen LogP contribution >= 0.6 is 34.8 Å². The number of aromatic nitrogens is 2. The standard InChI is InChI=1S/C26H20Cl3N3O3/c1-34-23-4-3-15(5-24(23)35-2)11-32-26(33)22-9-17(16-6-19(27)10-20(28)7-16)13-31-25(22)18-8-21(29)14-30-12-18/h3-10,12-14H,11H2,1-2H3,(H,32,33). The van der Waals surface area contributed by atoms with E-state index in [1.807, 2.05) is 12.1 Å². The highest BCUT2D eigenvalue weighted by Gasteiger charge is 2.17. The van der Waals surface area contributed by atoms with E-state index < -0.39 is 0 Å². The van der Waals surface area contributed by atoms with E-state index in [1.54, 1.807) is 63.0 Å². The van der Waals surface area contributed by atoms with Crippen molar-refractivity contribution in [3.05, 3.63) is 93.3 Å². The zero-order chi connectivity index (χ0) is 24.9. The zero-order valence-electron chi connectivity index (χ0n) is 18.8. The lowest BCUT2D eigenvalue weighted by atomic mass is 10.0. The van der Waals surface area contributed by atoms with Gasteiger partial charge in [-0.25, -0.2) is 0 Å². The minimum atomic E-state index is -0.322. The quantitative estimate of drug-likeness (QED) is 0.288. The zero-order valence-corrected chi connectivity index (χ0v) is 21.1. The molecule has 2 aromatic heterocycles. The van der Waals surface area contributed by atoms with Gasteiger partial charge in [-0.3, -0.25) is 14.8 Å². The number of hydrogen-bond donors (Lipinski definition) is 1. The van der Waals surface area contributed by atoms with Crippen LogP contribution in [0.3, 0.4) is 0 Å². The molecule has 0 aliphatic carbocycles. The fourth-order valence-corrected chi connectivity index (χ4v) is 4.26. The Bertz CT molecular complexity index is 1380. The molecular formula is C26H20Cl3N3O3. The highest BCUT2D eigenvalue weighted by molar-refractivity contribution is 6.35. The van der Waals surface area contributed by atoms with Gasteiger partial charge in [0.25, 0.3) is 5.91 Å². The Kier molecular flexibility index (Phi) is 7.76. The third-order valence-electron chi connectivity index (χ3n) is 5.21. The van der Waals surface area contributed by atoms with Crippen molar-refractivity contribution in [2.45, 2.75) is 6.54 Å². The number of amides is 1. The van der Waals surface area contributed by atoms with E-state index >= 15 is 0 Å². The molecule has 0 aliphatic heterocycles. The molecule has 0 saturated heterocycles. The fourth-order valence-electron chi connectivity index (χ4n) is 3.56. The Hall–Kier alpha value is -3.32. The minimum Gasteiger partial charge on any atom is -0.493 e. The van der Waals surface area contributed by atoms with E-state index in [1.165, 1.54) is 6.20 Å². The summed E-state index contributed by atoms with van der Waals surface area (Å²) in [6.07, 6.45) is 4.78. The second-order valence-electron chi connectivity index (χ2n) is 7.54. The summed E-state index contributed by atoms with van der Waals surface area (Å²) in [4.78, 5) is 22.1. The van der Waals surface area contributed by atoms with Crippen molar-refractivity contribution >= 4 is 40.7 Å². The monoisotopic (exact) mass is 527 g/mol. The third-order valence-corrected chi connectivity index (χ3v) is 5.85. The summed E-state index contributed by atoms with van der Waals surface area (Å²) in [5, 5.41) is 4.35. The second-order valence-corrected chi connectivity index (χ2v) is 8.85. The normalized spacial score (nSPS) is 10.7. The molecule has 35 heavy (non-hydrogen) atoms. The summed E-state index contributed by atoms with van der Waals surface area (Å²) in [6, 6.07) is 14.1. The Morgan fingerprint density at radius 2 is 1.51 bits per heavy atom. The molecule has 0 radical (unpaired) electrons. The topological polar surface area (TPSA) is 73.3 Å². The smallest absolute Gasteiger partial charge is 0.253 e. The molecule has 9 heteroatoms. The Balaban J connectivity index is 1.70. The van der Waals surface area contributed by atoms with Crippen LogP contribution in [0.5, 0.6) is 11.5 Å². The summed E-state index contributed by atoms with van der Waals surface area (Å²) in [6.45, 7) is 0.264. The summed E-state index contributed by atoms with van der Waals surface area (Å²) in [7, 11) is 3.13. The summed E-state index contributed by atoms with van der Waals surface area (Å²) in [5.74, 6) is 0.860. The molecule has 2 heterocycles. The van der Waals surface area contributed by atoms with Crippen LogP contribution in [0.4, 0.5) is 0 Å². The van der Waals surface area contributed by atoms with Crippen LogP contribution in [0, 0.1) is 0 Å². The molecule has 2 aromatic carbocycles. The van der Waals surface area contributed by atoms with E-state index in [0.717, 1.165) is 11.1 Å². The van der Waals surface area contributed by atoms with Crippen LogP contribution in [-0.4, -0.2) is 30.1 Å². The number of halogens is 3. The van der Waals surface area contributed by atoms with Crippen LogP contribution in [0.25, 0.3) is 22.4 Å². The van der Waals surface area contributed by atoms with Crippen molar-refractivity contribution < 1.29 is 14.3 Å². The van der Waals surface area contributed by atoms with Crippen LogP contribution in [0.15, 0.2) is 67.1 Å². The fraction of sp³-hybridized carbons (Fsp3) is 0.115. The lowest BCUT2D eigenvalue weighted by Gasteiger charge is -2.13. The molecule has 0 aliphatic rings. The number of methoxy groups -OCH3 is 2. The van der Waals surface area contributed by atoms with E-state index in [4.69, 9.17) is 44.3 Å². The maximum absolute atomic E-state index is 13.4. The van der Waals surface area contributed by atoms with Gasteiger partial charge in [0.1, 0.15) is 0 Å². The molecule has 4 rings (SSSR count). The third kappa shape index (κ3) is 5.85. The van der Waals surface area contributed by atoms with Crippen LogP contribution in [0.1, 0.15) is 15.9 Å². The van der Waals surface area contributed by atoms with Crippen LogP contribution < -0.4 is 14.8 Å². The lowest BCUT2D eigenvalue weighted by Crippen LogP contribution is -2.24. The van der Waals surface area contributed by atoms with E-state index in [-0.39, 0.29) is 12.5 Å². The number of hydrogen-bond acceptors (Lipinski definition) is 5. The van der Waals surface area contributed by atoms with Gasteiger partial charge in [-0.2, -0.15) is 0 Å². The number of rotatable bonds is 7. The Morgan fingerprint density at radius 3 is 2.20 bits per heavy atom. The molecule has 6 nitrogen and oxygen atoms in total. The van der Waals surface area contributed by atoms with Gasteiger partial charge in [0.2, 0.25) is 0 Å². The van der Waals surface area contributed by atoms with Crippen molar-refractivity contribution in [1.82, 2.24) is 15.3 Å². The number of pyridine rings is 2. The highest BCUT2D eigenvalue weighted by Crippen LogP contribution is 2.31. The van der Waals surface area contributed by atoms with Crippen LogP contribution in [-0.2, 0) is 6.54 Å². The first-order valence-corrected chi connectivity index (χ1v) is 11.6. The molecule has 0 saturated carbocycles. The van der Waals surface area contributed by atoms with Gasteiger partial charge in [0, 0.05) is 46.3 Å². The SMILES string of the molecule is COc1ccc(CNC(=O)c2cc(-c3cc(Cl)cc(Cl)c3)cnc2-c2cncc(Cl)c2)cc1OC. The number of carbonyl (C=O) groups is 1. The molecule has 0 unspecified atom stereocenters. The molecule has 0 atom stereocenters. The number of benzene rings is 2. The van der Waals surface area contributed by atoms with Gasteiger partial charge in [-0.15, -0.1) is 0 Å². The van der Waals surface area contributed by atoms with Gasteiger partial charge >= 0.3 is 0 Å². The number of nitrogens with one attached hydrogen (secondary N) is 1. The van der Waals surface area contributed by atoms with E-state index in [0.29, 0.717) is 49.0 Å². The van der Waals surface area contributed by atoms with Crippen molar-refractivity contribution in [3.8, 4) is 33.9 Å². The largest absolute Gasteiger partial charge is 0.493 e. The summed E-state index contributed by atoms with van der Waals surface area (Å²) >= 11 is 18.5. The van der Waals surface area contributed by atoms with Gasteiger partial charge in [0.15, 0.2) is 11.5 Å². The maximum atomic E-state index is 13.4. The number of nitrogens with zero attached hydrogens (tertiary/aromatic N) is 2. The van der Waals surface area contributed by atoms with Gasteiger partial charge < -0.3 is 14.8 Å². The molecule has 1 N–H and O–H groups in total. The first kappa shape index (κ1) is 24.8. The number of ether oxygens (including phenoxy) is 2. The predicted molar refractivity (Wildman–Crippen MR) is 139 cm³/mol. The molecule has 0 bridgehead atoms. The molecular weight excluding hydrogens is 509 g/mol. The molecule has 178 valence electrons. The predicted octanol–water partition coefficient (Wildman–Crippen LogP) is 6.72. The van der Waals surface area contributed by atoms with Crippen molar-refractivity contribution in [3.63, 3.8) is 0 Å². The maximum Gasteiger partial charge on any atom is 0.253 e. The first-order chi connectivity index (χ1) is 16.9. The Morgan fingerprint density at radius 1 is 0.800 bits per heavy atom. The van der Waals surface area contributed by atoms with Gasteiger partial charge in [-0.05, 0) is 53.6 Å². The van der Waals surface area contributed by atoms with Crippen molar-refractivity contribution in [2.24, 2.45) is 0 Å². The van der Waals surface area contributed by atoms with E-state index in [9.17, 15) is 4.79 Å². The number of carbonyl (C=O) groups excluding carboxylic acids is 1. The average molecular weight is 529 g/mol. The first-order valence-electron chi connectivity index (χ1n) is 10.4. The van der Waals surface area contributed by atoms with Gasteiger partial charge in [0.05, 0.1) is 30.5 Å². The van der Waals surface area contributed by atoms with E-state index in [2.05, 4.69) is 15.3 Å².